The lowest BCUT2D eigenvalue weighted by Gasteiger charge is -2.30. The van der Waals surface area contributed by atoms with E-state index in [-0.39, 0.29) is 18.2 Å². The van der Waals surface area contributed by atoms with E-state index in [4.69, 9.17) is 4.74 Å². The van der Waals surface area contributed by atoms with E-state index in [1.54, 1.807) is 0 Å². The van der Waals surface area contributed by atoms with Crippen LogP contribution in [0.2, 0.25) is 0 Å². The fourth-order valence-electron chi connectivity index (χ4n) is 3.56. The number of benzene rings is 1. The summed E-state index contributed by atoms with van der Waals surface area (Å²) >= 11 is 0. The smallest absolute Gasteiger partial charge is 0.326 e. The Kier molecular flexibility index (Phi) is 8.10. The van der Waals surface area contributed by atoms with Crippen LogP contribution in [0.3, 0.4) is 0 Å². The highest BCUT2D eigenvalue weighted by molar-refractivity contribution is 5.85. The van der Waals surface area contributed by atoms with E-state index in [0.717, 1.165) is 31.2 Å². The van der Waals surface area contributed by atoms with Crippen molar-refractivity contribution >= 4 is 11.9 Å². The van der Waals surface area contributed by atoms with Crippen LogP contribution in [0.15, 0.2) is 30.3 Å². The molecular formula is C21H31NO4. The Morgan fingerprint density at radius 1 is 1.15 bits per heavy atom. The second kappa shape index (κ2) is 10.3. The Hall–Kier alpha value is -1.88. The molecule has 0 saturated heterocycles. The number of nitrogens with one attached hydrogen (secondary N) is 1. The molecule has 0 heterocycles. The maximum atomic E-state index is 12.4. The van der Waals surface area contributed by atoms with Gasteiger partial charge in [-0.1, -0.05) is 44.2 Å². The molecule has 0 unspecified atom stereocenters. The van der Waals surface area contributed by atoms with Crippen LogP contribution >= 0.6 is 0 Å². The van der Waals surface area contributed by atoms with E-state index in [9.17, 15) is 14.7 Å². The van der Waals surface area contributed by atoms with E-state index in [1.165, 1.54) is 0 Å². The molecular weight excluding hydrogens is 330 g/mol. The minimum Gasteiger partial charge on any atom is -0.480 e. The van der Waals surface area contributed by atoms with Crippen molar-refractivity contribution in [3.8, 4) is 0 Å². The monoisotopic (exact) mass is 361 g/mol. The molecule has 1 atom stereocenters. The van der Waals surface area contributed by atoms with Gasteiger partial charge in [0.05, 0.1) is 6.61 Å². The first-order chi connectivity index (χ1) is 12.5. The number of ether oxygens (including phenoxy) is 1. The molecule has 1 saturated carbocycles. The number of carboxylic acid groups (broad SMARTS) is 1. The largest absolute Gasteiger partial charge is 0.480 e. The van der Waals surface area contributed by atoms with Crippen molar-refractivity contribution in [1.82, 2.24) is 5.32 Å². The molecule has 5 heteroatoms. The molecule has 2 rings (SSSR count). The molecule has 5 nitrogen and oxygen atoms in total. The zero-order chi connectivity index (χ0) is 18.9. The van der Waals surface area contributed by atoms with E-state index in [0.29, 0.717) is 25.0 Å². The summed E-state index contributed by atoms with van der Waals surface area (Å²) in [5.74, 6) is 0.144. The fraction of sp³-hybridized carbons (Fsp3) is 0.619. The van der Waals surface area contributed by atoms with Crippen LogP contribution in [0.25, 0.3) is 0 Å². The van der Waals surface area contributed by atoms with E-state index in [1.807, 2.05) is 30.3 Å². The van der Waals surface area contributed by atoms with Crippen molar-refractivity contribution in [3.63, 3.8) is 0 Å². The average Bonchev–Trinajstić information content (AvgIpc) is 2.64. The maximum absolute atomic E-state index is 12.4. The number of carbonyl (C=O) groups excluding carboxylic acids is 1. The molecule has 0 aromatic heterocycles. The Morgan fingerprint density at radius 2 is 1.81 bits per heavy atom. The standard InChI is InChI=1S/C21H31NO4/c1-15(2)17-8-10-18(11-9-17)20(23)22-19(21(24)25)12-13-26-14-16-6-4-3-5-7-16/h3-7,15,17-19H,8-14H2,1-2H3,(H,22,23)(H,24,25)/t17?,18?,19-/m0/s1. The number of aliphatic carboxylic acids is 1. The van der Waals surface area contributed by atoms with Gasteiger partial charge in [-0.3, -0.25) is 4.79 Å². The first-order valence-corrected chi connectivity index (χ1v) is 9.62. The zero-order valence-electron chi connectivity index (χ0n) is 15.8. The molecule has 1 amide bonds. The molecule has 1 fully saturated rings. The summed E-state index contributed by atoms with van der Waals surface area (Å²) in [6, 6.07) is 8.85. The van der Waals surface area contributed by atoms with Gasteiger partial charge in [-0.2, -0.15) is 0 Å². The van der Waals surface area contributed by atoms with Gasteiger partial charge in [-0.15, -0.1) is 0 Å². The molecule has 1 aliphatic rings. The Morgan fingerprint density at radius 3 is 2.38 bits per heavy atom. The van der Waals surface area contributed by atoms with Gasteiger partial charge in [0, 0.05) is 18.9 Å². The lowest BCUT2D eigenvalue weighted by atomic mass is 9.76. The van der Waals surface area contributed by atoms with Gasteiger partial charge in [0.2, 0.25) is 5.91 Å². The molecule has 1 aliphatic carbocycles. The Bertz CT molecular complexity index is 565. The van der Waals surface area contributed by atoms with Gasteiger partial charge >= 0.3 is 5.97 Å². The highest BCUT2D eigenvalue weighted by atomic mass is 16.5. The summed E-state index contributed by atoms with van der Waals surface area (Å²) in [5, 5.41) is 12.1. The third-order valence-electron chi connectivity index (χ3n) is 5.36. The number of hydrogen-bond acceptors (Lipinski definition) is 3. The molecule has 144 valence electrons. The predicted octanol–water partition coefficient (Wildman–Crippen LogP) is 3.63. The highest BCUT2D eigenvalue weighted by Crippen LogP contribution is 2.33. The molecule has 2 N–H and O–H groups in total. The van der Waals surface area contributed by atoms with Crippen LogP contribution in [-0.4, -0.2) is 29.6 Å². The first-order valence-electron chi connectivity index (χ1n) is 9.62. The number of rotatable bonds is 9. The predicted molar refractivity (Wildman–Crippen MR) is 101 cm³/mol. The third-order valence-corrected chi connectivity index (χ3v) is 5.36. The van der Waals surface area contributed by atoms with E-state index in [2.05, 4.69) is 19.2 Å². The quantitative estimate of drug-likeness (QED) is 0.659. The molecule has 1 aromatic carbocycles. The molecule has 26 heavy (non-hydrogen) atoms. The van der Waals surface area contributed by atoms with E-state index < -0.39 is 12.0 Å². The number of hydrogen-bond donors (Lipinski definition) is 2. The summed E-state index contributed by atoms with van der Waals surface area (Å²) < 4.78 is 5.55. The molecule has 0 aliphatic heterocycles. The van der Waals surface area contributed by atoms with Gasteiger partial charge in [0.25, 0.3) is 0 Å². The maximum Gasteiger partial charge on any atom is 0.326 e. The summed E-state index contributed by atoms with van der Waals surface area (Å²) in [4.78, 5) is 23.9. The summed E-state index contributed by atoms with van der Waals surface area (Å²) in [6.45, 7) is 5.19. The summed E-state index contributed by atoms with van der Waals surface area (Å²) in [6.07, 6.45) is 4.08. The van der Waals surface area contributed by atoms with Crippen molar-refractivity contribution in [2.75, 3.05) is 6.61 Å². The van der Waals surface area contributed by atoms with Gasteiger partial charge < -0.3 is 15.2 Å². The van der Waals surface area contributed by atoms with Gasteiger partial charge in [-0.05, 0) is 43.1 Å². The van der Waals surface area contributed by atoms with Crippen molar-refractivity contribution < 1.29 is 19.4 Å². The highest BCUT2D eigenvalue weighted by Gasteiger charge is 2.30. The molecule has 0 spiro atoms. The van der Waals surface area contributed by atoms with Crippen LogP contribution in [0, 0.1) is 17.8 Å². The number of carboxylic acids is 1. The minimum atomic E-state index is -1.00. The normalized spacial score (nSPS) is 21.3. The topological polar surface area (TPSA) is 75.6 Å². The second-order valence-corrected chi connectivity index (χ2v) is 7.58. The lowest BCUT2D eigenvalue weighted by Crippen LogP contribution is -2.45. The van der Waals surface area contributed by atoms with Gasteiger partial charge in [-0.25, -0.2) is 4.79 Å². The second-order valence-electron chi connectivity index (χ2n) is 7.58. The number of carbonyl (C=O) groups is 2. The molecule has 1 aromatic rings. The SMILES string of the molecule is CC(C)C1CCC(C(=O)N[C@@H](CCOCc2ccccc2)C(=O)O)CC1. The van der Waals surface area contributed by atoms with Crippen molar-refractivity contribution in [3.05, 3.63) is 35.9 Å². The van der Waals surface area contributed by atoms with Crippen LogP contribution in [0.5, 0.6) is 0 Å². The molecule has 0 bridgehead atoms. The Labute approximate surface area is 156 Å². The van der Waals surface area contributed by atoms with Crippen molar-refractivity contribution in [2.45, 2.75) is 58.6 Å². The zero-order valence-corrected chi connectivity index (χ0v) is 15.8. The van der Waals surface area contributed by atoms with Crippen LogP contribution in [0.1, 0.15) is 51.5 Å². The Balaban J connectivity index is 1.73. The van der Waals surface area contributed by atoms with Crippen LogP contribution in [-0.2, 0) is 20.9 Å². The van der Waals surface area contributed by atoms with Crippen molar-refractivity contribution in [1.29, 1.82) is 0 Å². The van der Waals surface area contributed by atoms with E-state index >= 15 is 0 Å². The van der Waals surface area contributed by atoms with Gasteiger partial charge in [0.15, 0.2) is 0 Å². The summed E-state index contributed by atoms with van der Waals surface area (Å²) in [5.41, 5.74) is 1.05. The fourth-order valence-corrected chi connectivity index (χ4v) is 3.56. The first kappa shape index (κ1) is 20.4. The molecule has 0 radical (unpaired) electrons. The lowest BCUT2D eigenvalue weighted by molar-refractivity contribution is -0.143. The minimum absolute atomic E-state index is 0.0583. The third kappa shape index (κ3) is 6.45. The average molecular weight is 361 g/mol. The van der Waals surface area contributed by atoms with Crippen LogP contribution < -0.4 is 5.32 Å². The van der Waals surface area contributed by atoms with Crippen molar-refractivity contribution in [2.24, 2.45) is 17.8 Å². The van der Waals surface area contributed by atoms with Crippen LogP contribution in [0.4, 0.5) is 0 Å². The number of amides is 1. The summed E-state index contributed by atoms with van der Waals surface area (Å²) in [7, 11) is 0. The van der Waals surface area contributed by atoms with Gasteiger partial charge in [0.1, 0.15) is 6.04 Å².